The van der Waals surface area contributed by atoms with Gasteiger partial charge in [0.15, 0.2) is 0 Å². The van der Waals surface area contributed by atoms with Crippen LogP contribution in [0.4, 0.5) is 0 Å². The summed E-state index contributed by atoms with van der Waals surface area (Å²) in [7, 11) is 0. The maximum atomic E-state index is 11.8. The van der Waals surface area contributed by atoms with Crippen LogP contribution < -0.4 is 0 Å². The fraction of sp³-hybridized carbons (Fsp3) is 0.562. The van der Waals surface area contributed by atoms with Crippen LogP contribution in [0.5, 0.6) is 0 Å². The minimum Gasteiger partial charge on any atom is -0.462 e. The molecule has 5 heteroatoms. The van der Waals surface area contributed by atoms with E-state index in [9.17, 15) is 14.4 Å². The van der Waals surface area contributed by atoms with Gasteiger partial charge < -0.3 is 9.47 Å². The van der Waals surface area contributed by atoms with Gasteiger partial charge in [-0.25, -0.2) is 9.59 Å². The first-order valence-electron chi connectivity index (χ1n) is 6.94. The number of hydrogen-bond donors (Lipinski definition) is 0. The second-order valence-corrected chi connectivity index (χ2v) is 5.06. The molecule has 0 aliphatic rings. The number of carbonyl (C=O) groups excluding carboxylic acids is 3. The standard InChI is InChI=1S/C16H24O5/c1-6-13(10-21-16(19)12(4)5)9-14(17)7-8-20-15(18)11(2)3/h13H,2,4,6-10H2,1,3,5H3. The lowest BCUT2D eigenvalue weighted by Crippen LogP contribution is -2.18. The first-order valence-corrected chi connectivity index (χ1v) is 6.94. The predicted octanol–water partition coefficient (Wildman–Crippen LogP) is 2.60. The van der Waals surface area contributed by atoms with Crippen molar-refractivity contribution < 1.29 is 23.9 Å². The Kier molecular flexibility index (Phi) is 9.01. The van der Waals surface area contributed by atoms with Gasteiger partial charge in [-0.2, -0.15) is 0 Å². The van der Waals surface area contributed by atoms with E-state index >= 15 is 0 Å². The molecular weight excluding hydrogens is 272 g/mol. The Bertz CT molecular complexity index is 422. The topological polar surface area (TPSA) is 69.7 Å². The summed E-state index contributed by atoms with van der Waals surface area (Å²) in [6, 6.07) is 0. The van der Waals surface area contributed by atoms with Crippen molar-refractivity contribution in [3.8, 4) is 0 Å². The highest BCUT2D eigenvalue weighted by Crippen LogP contribution is 2.12. The zero-order chi connectivity index (χ0) is 16.4. The Balaban J connectivity index is 4.04. The molecule has 0 aromatic heterocycles. The summed E-state index contributed by atoms with van der Waals surface area (Å²) in [6.07, 6.45) is 1.18. The van der Waals surface area contributed by atoms with E-state index in [-0.39, 0.29) is 31.3 Å². The van der Waals surface area contributed by atoms with Crippen LogP contribution >= 0.6 is 0 Å². The van der Waals surface area contributed by atoms with Gasteiger partial charge in [-0.3, -0.25) is 4.79 Å². The smallest absolute Gasteiger partial charge is 0.333 e. The fourth-order valence-electron chi connectivity index (χ4n) is 1.44. The molecule has 0 fully saturated rings. The van der Waals surface area contributed by atoms with Crippen molar-refractivity contribution in [1.29, 1.82) is 0 Å². The molecule has 0 saturated heterocycles. The van der Waals surface area contributed by atoms with E-state index in [1.807, 2.05) is 6.92 Å². The summed E-state index contributed by atoms with van der Waals surface area (Å²) in [5, 5.41) is 0. The van der Waals surface area contributed by atoms with Crippen LogP contribution in [0.15, 0.2) is 24.3 Å². The Morgan fingerprint density at radius 2 is 1.52 bits per heavy atom. The average molecular weight is 296 g/mol. The fourth-order valence-corrected chi connectivity index (χ4v) is 1.44. The summed E-state index contributed by atoms with van der Waals surface area (Å²) < 4.78 is 9.91. The van der Waals surface area contributed by atoms with E-state index in [0.717, 1.165) is 6.42 Å². The molecule has 118 valence electrons. The summed E-state index contributed by atoms with van der Waals surface area (Å²) in [5.41, 5.74) is 0.642. The lowest BCUT2D eigenvalue weighted by molar-refractivity contribution is -0.142. The largest absolute Gasteiger partial charge is 0.462 e. The molecule has 0 saturated carbocycles. The molecule has 0 radical (unpaired) electrons. The van der Waals surface area contributed by atoms with Gasteiger partial charge in [0.2, 0.25) is 0 Å². The van der Waals surface area contributed by atoms with E-state index in [1.54, 1.807) is 13.8 Å². The van der Waals surface area contributed by atoms with Gasteiger partial charge in [-0.15, -0.1) is 0 Å². The number of hydrogen-bond acceptors (Lipinski definition) is 5. The third-order valence-corrected chi connectivity index (χ3v) is 2.85. The van der Waals surface area contributed by atoms with Gasteiger partial charge in [0, 0.05) is 24.0 Å². The third kappa shape index (κ3) is 8.78. The van der Waals surface area contributed by atoms with Gasteiger partial charge >= 0.3 is 11.9 Å². The molecule has 0 bridgehead atoms. The number of rotatable bonds is 10. The highest BCUT2D eigenvalue weighted by molar-refractivity contribution is 5.87. The summed E-state index contributed by atoms with van der Waals surface area (Å²) >= 11 is 0. The van der Waals surface area contributed by atoms with Crippen LogP contribution in [-0.2, 0) is 23.9 Å². The van der Waals surface area contributed by atoms with Crippen molar-refractivity contribution in [2.24, 2.45) is 5.92 Å². The molecule has 1 atom stereocenters. The van der Waals surface area contributed by atoms with Crippen molar-refractivity contribution in [1.82, 2.24) is 0 Å². The Hall–Kier alpha value is -1.91. The van der Waals surface area contributed by atoms with Crippen LogP contribution in [0.2, 0.25) is 0 Å². The van der Waals surface area contributed by atoms with Gasteiger partial charge in [-0.05, 0) is 26.2 Å². The maximum absolute atomic E-state index is 11.8. The third-order valence-electron chi connectivity index (χ3n) is 2.85. The molecule has 0 amide bonds. The van der Waals surface area contributed by atoms with Crippen molar-refractivity contribution in [2.45, 2.75) is 40.0 Å². The lowest BCUT2D eigenvalue weighted by Gasteiger charge is -2.14. The normalized spacial score (nSPS) is 11.4. The lowest BCUT2D eigenvalue weighted by atomic mass is 9.99. The summed E-state index contributed by atoms with van der Waals surface area (Å²) in [4.78, 5) is 34.2. The second-order valence-electron chi connectivity index (χ2n) is 5.06. The molecule has 0 N–H and O–H groups in total. The Labute approximate surface area is 126 Å². The zero-order valence-electron chi connectivity index (χ0n) is 13.1. The number of carbonyl (C=O) groups is 3. The molecule has 1 unspecified atom stereocenters. The van der Waals surface area contributed by atoms with Crippen LogP contribution in [-0.4, -0.2) is 30.9 Å². The minimum atomic E-state index is -0.495. The average Bonchev–Trinajstić information content (AvgIpc) is 2.42. The predicted molar refractivity (Wildman–Crippen MR) is 79.6 cm³/mol. The minimum absolute atomic E-state index is 0.0252. The monoisotopic (exact) mass is 296 g/mol. The molecule has 0 aromatic rings. The molecule has 0 aromatic carbocycles. The highest BCUT2D eigenvalue weighted by atomic mass is 16.5. The van der Waals surface area contributed by atoms with Crippen molar-refractivity contribution >= 4 is 17.7 Å². The van der Waals surface area contributed by atoms with Crippen LogP contribution in [0.3, 0.4) is 0 Å². The second kappa shape index (κ2) is 9.91. The quantitative estimate of drug-likeness (QED) is 0.458. The van der Waals surface area contributed by atoms with Crippen LogP contribution in [0, 0.1) is 5.92 Å². The van der Waals surface area contributed by atoms with Gasteiger partial charge in [0.05, 0.1) is 13.2 Å². The molecule has 21 heavy (non-hydrogen) atoms. The van der Waals surface area contributed by atoms with E-state index in [2.05, 4.69) is 13.2 Å². The van der Waals surface area contributed by atoms with Gasteiger partial charge in [0.1, 0.15) is 5.78 Å². The molecular formula is C16H24O5. The SMILES string of the molecule is C=C(C)C(=O)OCCC(=O)CC(CC)COC(=O)C(=C)C. The van der Waals surface area contributed by atoms with Crippen molar-refractivity contribution in [3.05, 3.63) is 24.3 Å². The van der Waals surface area contributed by atoms with Crippen molar-refractivity contribution in [3.63, 3.8) is 0 Å². The first-order chi connectivity index (χ1) is 9.77. The molecule has 0 heterocycles. The van der Waals surface area contributed by atoms with Gasteiger partial charge in [0.25, 0.3) is 0 Å². The van der Waals surface area contributed by atoms with E-state index in [4.69, 9.17) is 9.47 Å². The van der Waals surface area contributed by atoms with E-state index in [0.29, 0.717) is 17.6 Å². The van der Waals surface area contributed by atoms with E-state index < -0.39 is 11.9 Å². The maximum Gasteiger partial charge on any atom is 0.333 e. The van der Waals surface area contributed by atoms with Crippen LogP contribution in [0.25, 0.3) is 0 Å². The number of ether oxygens (including phenoxy) is 2. The number of ketones is 1. The molecule has 0 aliphatic carbocycles. The van der Waals surface area contributed by atoms with Crippen LogP contribution in [0.1, 0.15) is 40.0 Å². The molecule has 0 spiro atoms. The van der Waals surface area contributed by atoms with Gasteiger partial charge in [-0.1, -0.05) is 20.1 Å². The Morgan fingerprint density at radius 1 is 1.00 bits per heavy atom. The van der Waals surface area contributed by atoms with E-state index in [1.165, 1.54) is 0 Å². The first kappa shape index (κ1) is 19.1. The number of Topliss-reactive ketones (excluding diaryl/α,β-unsaturated/α-hetero) is 1. The Morgan fingerprint density at radius 3 is 2.00 bits per heavy atom. The number of esters is 2. The summed E-state index contributed by atoms with van der Waals surface area (Å²) in [6.45, 7) is 12.2. The molecule has 5 nitrogen and oxygen atoms in total. The molecule has 0 aliphatic heterocycles. The summed E-state index contributed by atoms with van der Waals surface area (Å²) in [5.74, 6) is -0.998. The highest BCUT2D eigenvalue weighted by Gasteiger charge is 2.15. The zero-order valence-corrected chi connectivity index (χ0v) is 13.1. The van der Waals surface area contributed by atoms with Crippen molar-refractivity contribution in [2.75, 3.05) is 13.2 Å². The molecule has 0 rings (SSSR count).